The SMILES string of the molecule is COCCOc1ccc(CNC(=O)c2cccc(OCc3cccc(C)c3)c2)cc1. The molecule has 1 N–H and O–H groups in total. The Balaban J connectivity index is 1.51. The molecule has 0 atom stereocenters. The van der Waals surface area contributed by atoms with E-state index < -0.39 is 0 Å². The highest BCUT2D eigenvalue weighted by atomic mass is 16.5. The lowest BCUT2D eigenvalue weighted by atomic mass is 10.1. The Labute approximate surface area is 177 Å². The fourth-order valence-electron chi connectivity index (χ4n) is 2.93. The number of hydrogen-bond donors (Lipinski definition) is 1. The van der Waals surface area contributed by atoms with Crippen molar-refractivity contribution in [2.24, 2.45) is 0 Å². The summed E-state index contributed by atoms with van der Waals surface area (Å²) in [5.41, 5.74) is 3.85. The first-order chi connectivity index (χ1) is 14.6. The smallest absolute Gasteiger partial charge is 0.251 e. The van der Waals surface area contributed by atoms with Crippen molar-refractivity contribution in [2.45, 2.75) is 20.1 Å². The van der Waals surface area contributed by atoms with Gasteiger partial charge in [0.25, 0.3) is 5.91 Å². The molecule has 0 unspecified atom stereocenters. The Morgan fingerprint density at radius 1 is 0.833 bits per heavy atom. The van der Waals surface area contributed by atoms with Gasteiger partial charge in [-0.25, -0.2) is 0 Å². The molecule has 5 nitrogen and oxygen atoms in total. The first-order valence-electron chi connectivity index (χ1n) is 9.91. The number of benzene rings is 3. The zero-order valence-corrected chi connectivity index (χ0v) is 17.4. The largest absolute Gasteiger partial charge is 0.491 e. The summed E-state index contributed by atoms with van der Waals surface area (Å²) in [7, 11) is 1.64. The van der Waals surface area contributed by atoms with Gasteiger partial charge in [0.1, 0.15) is 24.7 Å². The molecule has 0 saturated heterocycles. The maximum absolute atomic E-state index is 12.5. The third-order valence-corrected chi connectivity index (χ3v) is 4.52. The van der Waals surface area contributed by atoms with Gasteiger partial charge in [-0.2, -0.15) is 0 Å². The van der Waals surface area contributed by atoms with Crippen LogP contribution in [0.25, 0.3) is 0 Å². The fourth-order valence-corrected chi connectivity index (χ4v) is 2.93. The first kappa shape index (κ1) is 21.4. The quantitative estimate of drug-likeness (QED) is 0.504. The molecular formula is C25H27NO4. The minimum Gasteiger partial charge on any atom is -0.491 e. The van der Waals surface area contributed by atoms with Crippen molar-refractivity contribution in [1.82, 2.24) is 5.32 Å². The van der Waals surface area contributed by atoms with Crippen LogP contribution < -0.4 is 14.8 Å². The van der Waals surface area contributed by atoms with Crippen LogP contribution in [0, 0.1) is 6.92 Å². The predicted molar refractivity (Wildman–Crippen MR) is 117 cm³/mol. The van der Waals surface area contributed by atoms with E-state index in [0.717, 1.165) is 16.9 Å². The van der Waals surface area contributed by atoms with E-state index in [1.165, 1.54) is 5.56 Å². The second-order valence-electron chi connectivity index (χ2n) is 6.97. The van der Waals surface area contributed by atoms with E-state index in [0.29, 0.717) is 37.7 Å². The number of ether oxygens (including phenoxy) is 3. The van der Waals surface area contributed by atoms with Crippen LogP contribution in [-0.2, 0) is 17.9 Å². The van der Waals surface area contributed by atoms with Crippen molar-refractivity contribution >= 4 is 5.91 Å². The predicted octanol–water partition coefficient (Wildman–Crippen LogP) is 4.53. The van der Waals surface area contributed by atoms with Crippen LogP contribution in [0.3, 0.4) is 0 Å². The van der Waals surface area contributed by atoms with Gasteiger partial charge >= 0.3 is 0 Å². The fraction of sp³-hybridized carbons (Fsp3) is 0.240. The molecule has 5 heteroatoms. The summed E-state index contributed by atoms with van der Waals surface area (Å²) >= 11 is 0. The van der Waals surface area contributed by atoms with Gasteiger partial charge in [0, 0.05) is 19.2 Å². The third-order valence-electron chi connectivity index (χ3n) is 4.52. The molecule has 0 aliphatic carbocycles. The maximum Gasteiger partial charge on any atom is 0.251 e. The molecule has 3 aromatic rings. The van der Waals surface area contributed by atoms with Crippen LogP contribution >= 0.6 is 0 Å². The summed E-state index contributed by atoms with van der Waals surface area (Å²) in [5.74, 6) is 1.30. The van der Waals surface area contributed by atoms with E-state index >= 15 is 0 Å². The first-order valence-corrected chi connectivity index (χ1v) is 9.91. The molecule has 156 valence electrons. The molecule has 0 aromatic heterocycles. The van der Waals surface area contributed by atoms with E-state index in [-0.39, 0.29) is 5.91 Å². The van der Waals surface area contributed by atoms with Gasteiger partial charge in [-0.3, -0.25) is 4.79 Å². The molecule has 0 bridgehead atoms. The Hall–Kier alpha value is -3.31. The number of hydrogen-bond acceptors (Lipinski definition) is 4. The molecule has 0 spiro atoms. The van der Waals surface area contributed by atoms with E-state index in [1.807, 2.05) is 48.5 Å². The summed E-state index contributed by atoms with van der Waals surface area (Å²) < 4.78 is 16.4. The average molecular weight is 405 g/mol. The van der Waals surface area contributed by atoms with E-state index in [1.54, 1.807) is 19.2 Å². The zero-order valence-electron chi connectivity index (χ0n) is 17.4. The molecule has 0 aliphatic heterocycles. The van der Waals surface area contributed by atoms with E-state index in [2.05, 4.69) is 24.4 Å². The Kier molecular flexibility index (Phi) is 7.86. The van der Waals surface area contributed by atoms with Crippen LogP contribution in [0.15, 0.2) is 72.8 Å². The Morgan fingerprint density at radius 2 is 1.63 bits per heavy atom. The monoisotopic (exact) mass is 405 g/mol. The van der Waals surface area contributed by atoms with E-state index in [4.69, 9.17) is 14.2 Å². The van der Waals surface area contributed by atoms with Crippen LogP contribution in [0.5, 0.6) is 11.5 Å². The van der Waals surface area contributed by atoms with Crippen LogP contribution in [0.4, 0.5) is 0 Å². The summed E-state index contributed by atoms with van der Waals surface area (Å²) in [6, 6.07) is 23.0. The molecule has 3 aromatic carbocycles. The lowest BCUT2D eigenvalue weighted by Crippen LogP contribution is -2.22. The summed E-state index contributed by atoms with van der Waals surface area (Å²) in [4.78, 5) is 12.5. The molecule has 3 rings (SSSR count). The maximum atomic E-state index is 12.5. The molecule has 0 fully saturated rings. The van der Waals surface area contributed by atoms with Crippen molar-refractivity contribution in [3.8, 4) is 11.5 Å². The van der Waals surface area contributed by atoms with Crippen LogP contribution in [0.2, 0.25) is 0 Å². The molecule has 0 radical (unpaired) electrons. The number of nitrogens with one attached hydrogen (secondary N) is 1. The third kappa shape index (κ3) is 6.64. The molecular weight excluding hydrogens is 378 g/mol. The molecule has 1 amide bonds. The highest BCUT2D eigenvalue weighted by Gasteiger charge is 2.07. The molecule has 0 saturated carbocycles. The normalized spacial score (nSPS) is 10.5. The highest BCUT2D eigenvalue weighted by Crippen LogP contribution is 2.16. The van der Waals surface area contributed by atoms with Gasteiger partial charge in [0.05, 0.1) is 6.61 Å². The second kappa shape index (κ2) is 11.0. The van der Waals surface area contributed by atoms with Gasteiger partial charge in [0.15, 0.2) is 0 Å². The number of rotatable bonds is 10. The number of carbonyl (C=O) groups is 1. The van der Waals surface area contributed by atoms with Crippen molar-refractivity contribution in [3.05, 3.63) is 95.1 Å². The van der Waals surface area contributed by atoms with Gasteiger partial charge in [-0.05, 0) is 48.4 Å². The van der Waals surface area contributed by atoms with Crippen molar-refractivity contribution in [1.29, 1.82) is 0 Å². The lowest BCUT2D eigenvalue weighted by Gasteiger charge is -2.10. The van der Waals surface area contributed by atoms with Crippen molar-refractivity contribution < 1.29 is 19.0 Å². The van der Waals surface area contributed by atoms with Crippen LogP contribution in [-0.4, -0.2) is 26.2 Å². The van der Waals surface area contributed by atoms with Gasteiger partial charge in [-0.15, -0.1) is 0 Å². The minimum absolute atomic E-state index is 0.142. The average Bonchev–Trinajstić information content (AvgIpc) is 2.77. The van der Waals surface area contributed by atoms with Crippen LogP contribution in [0.1, 0.15) is 27.0 Å². The van der Waals surface area contributed by atoms with Crippen molar-refractivity contribution in [3.63, 3.8) is 0 Å². The zero-order chi connectivity index (χ0) is 21.2. The summed E-state index contributed by atoms with van der Waals surface area (Å²) in [6.07, 6.45) is 0. The number of amides is 1. The minimum atomic E-state index is -0.142. The number of aryl methyl sites for hydroxylation is 1. The molecule has 30 heavy (non-hydrogen) atoms. The molecule has 0 aliphatic rings. The molecule has 0 heterocycles. The highest BCUT2D eigenvalue weighted by molar-refractivity contribution is 5.94. The Bertz CT molecular complexity index is 953. The summed E-state index contributed by atoms with van der Waals surface area (Å²) in [5, 5.41) is 2.94. The second-order valence-corrected chi connectivity index (χ2v) is 6.97. The van der Waals surface area contributed by atoms with E-state index in [9.17, 15) is 4.79 Å². The number of carbonyl (C=O) groups excluding carboxylic acids is 1. The van der Waals surface area contributed by atoms with Gasteiger partial charge < -0.3 is 19.5 Å². The van der Waals surface area contributed by atoms with Gasteiger partial charge in [-0.1, -0.05) is 48.0 Å². The van der Waals surface area contributed by atoms with Gasteiger partial charge in [0.2, 0.25) is 0 Å². The standard InChI is InChI=1S/C25H27NO4/c1-19-5-3-6-21(15-19)18-30-24-8-4-7-22(16-24)25(27)26-17-20-9-11-23(12-10-20)29-14-13-28-2/h3-12,15-16H,13-14,17-18H2,1-2H3,(H,26,27). The topological polar surface area (TPSA) is 56.8 Å². The Morgan fingerprint density at radius 3 is 2.40 bits per heavy atom. The number of methoxy groups -OCH3 is 1. The summed E-state index contributed by atoms with van der Waals surface area (Å²) in [6.45, 7) is 4.01. The van der Waals surface area contributed by atoms with Crippen molar-refractivity contribution in [2.75, 3.05) is 20.3 Å². The lowest BCUT2D eigenvalue weighted by molar-refractivity contribution is 0.0950.